The Bertz CT molecular complexity index is 1170. The molecular weight excluding hydrogens is 551 g/mol. The molecule has 9 nitrogen and oxygen atoms in total. The molecule has 2 aromatic rings. The highest BCUT2D eigenvalue weighted by Crippen LogP contribution is 2.35. The molecule has 4 unspecified atom stereocenters. The number of rotatable bonds is 14. The van der Waals surface area contributed by atoms with Crippen molar-refractivity contribution in [2.75, 3.05) is 26.7 Å². The average molecular weight is 599 g/mol. The number of amides is 3. The molecule has 4 rings (SSSR count). The second kappa shape index (κ2) is 17.0. The molecule has 0 saturated heterocycles. The van der Waals surface area contributed by atoms with Crippen LogP contribution in [0.3, 0.4) is 0 Å². The molecule has 0 bridgehead atoms. The lowest BCUT2D eigenvalue weighted by Crippen LogP contribution is -2.58. The molecule has 1 fully saturated rings. The normalized spacial score (nSPS) is 17.6. The van der Waals surface area contributed by atoms with Crippen LogP contribution in [0.4, 0.5) is 4.39 Å². The van der Waals surface area contributed by atoms with Crippen molar-refractivity contribution in [3.05, 3.63) is 65.0 Å². The minimum absolute atomic E-state index is 0.0629. The molecule has 2 aliphatic rings. The number of aryl methyl sites for hydroxylation is 3. The fourth-order valence-electron chi connectivity index (χ4n) is 5.34. The molecule has 0 radical (unpaired) electrons. The number of fused-ring (bicyclic) bond motifs is 1. The molecule has 1 heterocycles. The maximum Gasteiger partial charge on any atom is 0.245 e. The second-order valence-corrected chi connectivity index (χ2v) is 11.4. The van der Waals surface area contributed by atoms with Crippen LogP contribution >= 0.6 is 0 Å². The largest absolute Gasteiger partial charge is 0.489 e. The van der Waals surface area contributed by atoms with Gasteiger partial charge < -0.3 is 30.7 Å². The molecule has 4 atom stereocenters. The van der Waals surface area contributed by atoms with Crippen molar-refractivity contribution in [1.82, 2.24) is 20.9 Å². The van der Waals surface area contributed by atoms with Crippen LogP contribution in [0.25, 0.3) is 0 Å². The van der Waals surface area contributed by atoms with Crippen LogP contribution in [0.2, 0.25) is 0 Å². The number of likely N-dealkylation sites (N-methyl/N-ethyl adjacent to an activating group) is 2. The minimum Gasteiger partial charge on any atom is -0.489 e. The summed E-state index contributed by atoms with van der Waals surface area (Å²) in [5.74, 6) is 0.454. The average Bonchev–Trinajstić information content (AvgIpc) is 3.83. The number of hydrogen-bond donors (Lipinski definition) is 4. The first kappa shape index (κ1) is 34.0. The van der Waals surface area contributed by atoms with Crippen LogP contribution in [0.5, 0.6) is 5.75 Å². The van der Waals surface area contributed by atoms with Crippen LogP contribution in [0, 0.1) is 18.7 Å². The lowest BCUT2D eigenvalue weighted by molar-refractivity contribution is -0.144. The molecule has 43 heavy (non-hydrogen) atoms. The number of carbonyl (C=O) groups is 3. The molecule has 1 aliphatic heterocycles. The van der Waals surface area contributed by atoms with E-state index in [1.54, 1.807) is 19.2 Å². The van der Waals surface area contributed by atoms with Crippen LogP contribution in [-0.2, 0) is 27.2 Å². The lowest BCUT2D eigenvalue weighted by Gasteiger charge is -2.34. The van der Waals surface area contributed by atoms with Crippen molar-refractivity contribution in [2.45, 2.75) is 83.6 Å². The highest BCUT2D eigenvalue weighted by molar-refractivity contribution is 5.90. The van der Waals surface area contributed by atoms with Crippen LogP contribution in [0.15, 0.2) is 42.5 Å². The monoisotopic (exact) mass is 598 g/mol. The summed E-state index contributed by atoms with van der Waals surface area (Å²) in [5.41, 5.74) is 3.42. The van der Waals surface area contributed by atoms with Crippen molar-refractivity contribution in [1.29, 1.82) is 0 Å². The Labute approximate surface area is 254 Å². The van der Waals surface area contributed by atoms with Crippen molar-refractivity contribution >= 4 is 18.2 Å². The Balaban J connectivity index is 0.000000546. The van der Waals surface area contributed by atoms with Gasteiger partial charge in [0.05, 0.1) is 12.1 Å². The summed E-state index contributed by atoms with van der Waals surface area (Å²) in [6.45, 7) is 6.86. The first-order chi connectivity index (χ1) is 20.7. The smallest absolute Gasteiger partial charge is 0.245 e. The maximum atomic E-state index is 13.4. The highest BCUT2D eigenvalue weighted by Gasteiger charge is 2.41. The number of hydrogen-bond acceptors (Lipinski definition) is 6. The maximum absolute atomic E-state index is 13.4. The van der Waals surface area contributed by atoms with E-state index in [1.807, 2.05) is 19.9 Å². The number of aliphatic hydroxyl groups is 1. The Kier molecular flexibility index (Phi) is 13.4. The zero-order valence-electron chi connectivity index (χ0n) is 25.8. The third-order valence-electron chi connectivity index (χ3n) is 7.83. The standard InChI is InChI=1S/C26H40N4O5.C7H7F/c1-4-28-25(33)23(17(2)32)30(3)26(34)22(18-10-11-18)29-15-21-13-12-20-8-5-7-19(24(20)35-21)9-6-14-27-16-31;1-6-2-4-7(8)5-3-6/h5,7-8,16-18,21-23,29,32H,4,6,9-15H2,1-3H3,(H,27,31)(H,28,33);2-5H,1H3. The van der Waals surface area contributed by atoms with Gasteiger partial charge in [-0.2, -0.15) is 0 Å². The number of nitrogens with zero attached hydrogens (tertiary/aromatic N) is 1. The van der Waals surface area contributed by atoms with E-state index < -0.39 is 18.2 Å². The highest BCUT2D eigenvalue weighted by atomic mass is 19.1. The van der Waals surface area contributed by atoms with Gasteiger partial charge in [0.25, 0.3) is 0 Å². The summed E-state index contributed by atoms with van der Waals surface area (Å²) in [5, 5.41) is 19.0. The quantitative estimate of drug-likeness (QED) is 0.196. The number of para-hydroxylation sites is 1. The Morgan fingerprint density at radius 1 is 1.16 bits per heavy atom. The van der Waals surface area contributed by atoms with Gasteiger partial charge in [-0.05, 0) is 88.5 Å². The Morgan fingerprint density at radius 2 is 1.88 bits per heavy atom. The van der Waals surface area contributed by atoms with E-state index in [2.05, 4.69) is 28.1 Å². The molecule has 0 spiro atoms. The molecule has 0 aromatic heterocycles. The van der Waals surface area contributed by atoms with Gasteiger partial charge in [-0.1, -0.05) is 35.9 Å². The zero-order valence-corrected chi connectivity index (χ0v) is 25.8. The Morgan fingerprint density at radius 3 is 2.49 bits per heavy atom. The van der Waals surface area contributed by atoms with Crippen LogP contribution in [-0.4, -0.2) is 79.2 Å². The summed E-state index contributed by atoms with van der Waals surface area (Å²) < 4.78 is 18.5. The third kappa shape index (κ3) is 10.3. The number of nitrogens with one attached hydrogen (secondary N) is 3. The van der Waals surface area contributed by atoms with E-state index in [-0.39, 0.29) is 29.7 Å². The van der Waals surface area contributed by atoms with E-state index in [0.717, 1.165) is 55.4 Å². The van der Waals surface area contributed by atoms with E-state index in [0.29, 0.717) is 26.0 Å². The number of halogens is 1. The molecule has 4 N–H and O–H groups in total. The van der Waals surface area contributed by atoms with Gasteiger partial charge in [-0.15, -0.1) is 0 Å². The van der Waals surface area contributed by atoms with Gasteiger partial charge in [0, 0.05) is 26.7 Å². The summed E-state index contributed by atoms with van der Waals surface area (Å²) in [6, 6.07) is 11.3. The molecule has 1 saturated carbocycles. The van der Waals surface area contributed by atoms with Gasteiger partial charge in [0.1, 0.15) is 23.7 Å². The van der Waals surface area contributed by atoms with E-state index in [9.17, 15) is 23.9 Å². The van der Waals surface area contributed by atoms with Gasteiger partial charge in [0.15, 0.2) is 0 Å². The van der Waals surface area contributed by atoms with Gasteiger partial charge in [0.2, 0.25) is 18.2 Å². The van der Waals surface area contributed by atoms with E-state index >= 15 is 0 Å². The third-order valence-corrected chi connectivity index (χ3v) is 7.83. The second-order valence-electron chi connectivity index (χ2n) is 11.4. The lowest BCUT2D eigenvalue weighted by atomic mass is 9.97. The number of benzene rings is 2. The van der Waals surface area contributed by atoms with Crippen molar-refractivity contribution in [3.8, 4) is 5.75 Å². The molecule has 1 aliphatic carbocycles. The minimum atomic E-state index is -0.978. The summed E-state index contributed by atoms with van der Waals surface area (Å²) in [6.07, 6.45) is 5.02. The molecule has 3 amide bonds. The van der Waals surface area contributed by atoms with Gasteiger partial charge >= 0.3 is 0 Å². The predicted octanol–water partition coefficient (Wildman–Crippen LogP) is 2.91. The fourth-order valence-corrected chi connectivity index (χ4v) is 5.34. The van der Waals surface area contributed by atoms with E-state index in [4.69, 9.17) is 4.74 Å². The predicted molar refractivity (Wildman–Crippen MR) is 164 cm³/mol. The summed E-state index contributed by atoms with van der Waals surface area (Å²) >= 11 is 0. The first-order valence-corrected chi connectivity index (χ1v) is 15.3. The van der Waals surface area contributed by atoms with Crippen molar-refractivity contribution in [2.24, 2.45) is 5.92 Å². The number of aliphatic hydroxyl groups excluding tert-OH is 1. The number of ether oxygens (including phenoxy) is 1. The van der Waals surface area contributed by atoms with E-state index in [1.165, 1.54) is 29.5 Å². The first-order valence-electron chi connectivity index (χ1n) is 15.3. The molecule has 10 heteroatoms. The molecule has 2 aromatic carbocycles. The molecule has 236 valence electrons. The summed E-state index contributed by atoms with van der Waals surface area (Å²) in [7, 11) is 1.59. The summed E-state index contributed by atoms with van der Waals surface area (Å²) in [4.78, 5) is 37.7. The number of carbonyl (C=O) groups excluding carboxylic acids is 3. The van der Waals surface area contributed by atoms with Crippen LogP contribution < -0.4 is 20.7 Å². The molecular formula is C33H47FN4O5. The Hall–Kier alpha value is -3.50. The zero-order chi connectivity index (χ0) is 31.4. The van der Waals surface area contributed by atoms with Gasteiger partial charge in [-0.3, -0.25) is 14.4 Å². The van der Waals surface area contributed by atoms with Crippen LogP contribution in [0.1, 0.15) is 56.2 Å². The van der Waals surface area contributed by atoms with Crippen molar-refractivity contribution in [3.63, 3.8) is 0 Å². The van der Waals surface area contributed by atoms with Gasteiger partial charge in [-0.25, -0.2) is 4.39 Å². The SMILES string of the molecule is CCNC(=O)C(C(C)O)N(C)C(=O)C(NCC1CCc2cccc(CCCNC=O)c2O1)C1CC1.Cc1ccc(F)cc1. The fraction of sp³-hybridized carbons (Fsp3) is 0.545. The van der Waals surface area contributed by atoms with Crippen molar-refractivity contribution < 1.29 is 28.6 Å². The topological polar surface area (TPSA) is 120 Å².